The van der Waals surface area contributed by atoms with Crippen molar-refractivity contribution in [2.24, 2.45) is 12.8 Å². The van der Waals surface area contributed by atoms with Gasteiger partial charge in [-0.2, -0.15) is 5.10 Å². The first kappa shape index (κ1) is 14.2. The van der Waals surface area contributed by atoms with Crippen LogP contribution < -0.4 is 5.73 Å². The zero-order valence-electron chi connectivity index (χ0n) is 11.9. The van der Waals surface area contributed by atoms with Crippen molar-refractivity contribution >= 4 is 27.0 Å². The molecule has 108 valence electrons. The molecule has 2 N–H and O–H groups in total. The van der Waals surface area contributed by atoms with Gasteiger partial charge < -0.3 is 5.73 Å². The monoisotopic (exact) mass is 345 g/mol. The molecule has 3 rings (SSSR count). The number of aryl methyl sites for hydroxylation is 2. The summed E-state index contributed by atoms with van der Waals surface area (Å²) in [6, 6.07) is 7.58. The summed E-state index contributed by atoms with van der Waals surface area (Å²) in [7, 11) is 1.92. The lowest BCUT2D eigenvalue weighted by Crippen LogP contribution is -2.17. The van der Waals surface area contributed by atoms with E-state index in [0.717, 1.165) is 32.6 Å². The number of fused-ring (bicyclic) bond motifs is 1. The van der Waals surface area contributed by atoms with Gasteiger partial charge in [-0.15, -0.1) is 0 Å². The Morgan fingerprint density at radius 2 is 2.00 bits per heavy atom. The molecule has 1 aromatic carbocycles. The highest BCUT2D eigenvalue weighted by atomic mass is 79.9. The summed E-state index contributed by atoms with van der Waals surface area (Å²) in [5, 5.41) is 4.39. The van der Waals surface area contributed by atoms with Crippen LogP contribution in [0.4, 0.5) is 0 Å². The van der Waals surface area contributed by atoms with Crippen LogP contribution in [0.25, 0.3) is 11.0 Å². The molecule has 2 heterocycles. The third-order valence-electron chi connectivity index (χ3n) is 3.52. The first-order valence-corrected chi connectivity index (χ1v) is 7.51. The maximum Gasteiger partial charge on any atom is 0.0890 e. The van der Waals surface area contributed by atoms with E-state index in [2.05, 4.69) is 31.0 Å². The van der Waals surface area contributed by atoms with E-state index < -0.39 is 0 Å². The van der Waals surface area contributed by atoms with Gasteiger partial charge in [-0.25, -0.2) is 4.98 Å². The van der Waals surface area contributed by atoms with Gasteiger partial charge in [0.25, 0.3) is 0 Å². The summed E-state index contributed by atoms with van der Waals surface area (Å²) >= 11 is 3.57. The molecular weight excluding hydrogens is 330 g/mol. The number of benzene rings is 1. The summed E-state index contributed by atoms with van der Waals surface area (Å²) in [5.74, 6) is 0. The van der Waals surface area contributed by atoms with Gasteiger partial charge in [-0.05, 0) is 35.0 Å². The number of para-hydroxylation sites is 2. The van der Waals surface area contributed by atoms with E-state index in [1.165, 1.54) is 0 Å². The molecule has 0 saturated carbocycles. The van der Waals surface area contributed by atoms with Crippen molar-refractivity contribution in [1.29, 1.82) is 0 Å². The molecule has 0 aliphatic rings. The highest BCUT2D eigenvalue weighted by Crippen LogP contribution is 2.24. The molecule has 3 aromatic rings. The van der Waals surface area contributed by atoms with Crippen LogP contribution >= 0.6 is 15.9 Å². The van der Waals surface area contributed by atoms with Crippen molar-refractivity contribution in [3.63, 3.8) is 0 Å². The third kappa shape index (κ3) is 2.69. The zero-order chi connectivity index (χ0) is 15.0. The normalized spacial score (nSPS) is 12.8. The molecule has 0 saturated heterocycles. The van der Waals surface area contributed by atoms with Crippen molar-refractivity contribution in [2.75, 3.05) is 0 Å². The van der Waals surface area contributed by atoms with Crippen molar-refractivity contribution in [1.82, 2.24) is 19.7 Å². The van der Waals surface area contributed by atoms with Crippen LogP contribution in [0.15, 0.2) is 34.9 Å². The van der Waals surface area contributed by atoms with E-state index in [1.54, 1.807) is 6.20 Å². The largest absolute Gasteiger partial charge is 0.322 e. The molecular formula is C15H16BrN5. The molecule has 0 bridgehead atoms. The summed E-state index contributed by atoms with van der Waals surface area (Å²) in [5.41, 5.74) is 10.9. The van der Waals surface area contributed by atoms with Crippen LogP contribution in [0.3, 0.4) is 0 Å². The molecule has 1 atom stereocenters. The van der Waals surface area contributed by atoms with Gasteiger partial charge >= 0.3 is 0 Å². The fourth-order valence-electron chi connectivity index (χ4n) is 2.36. The lowest BCUT2D eigenvalue weighted by Gasteiger charge is -2.12. The average molecular weight is 346 g/mol. The predicted octanol–water partition coefficient (Wildman–Crippen LogP) is 2.68. The summed E-state index contributed by atoms with van der Waals surface area (Å²) in [6.45, 7) is 1.97. The van der Waals surface area contributed by atoms with E-state index in [9.17, 15) is 0 Å². The maximum atomic E-state index is 6.30. The van der Waals surface area contributed by atoms with Crippen molar-refractivity contribution in [3.8, 4) is 0 Å². The van der Waals surface area contributed by atoms with E-state index in [-0.39, 0.29) is 6.04 Å². The lowest BCUT2D eigenvalue weighted by molar-refractivity contribution is 0.627. The first-order chi connectivity index (χ1) is 10.1. The maximum absolute atomic E-state index is 6.30. The number of nitrogens with two attached hydrogens (primary N) is 1. The van der Waals surface area contributed by atoms with Crippen molar-refractivity contribution in [3.05, 3.63) is 52.0 Å². The van der Waals surface area contributed by atoms with Crippen LogP contribution in [0.1, 0.15) is 23.1 Å². The summed E-state index contributed by atoms with van der Waals surface area (Å²) in [6.07, 6.45) is 2.41. The van der Waals surface area contributed by atoms with Gasteiger partial charge in [-0.3, -0.25) is 9.67 Å². The second-order valence-corrected chi connectivity index (χ2v) is 5.86. The molecule has 6 heteroatoms. The fraction of sp³-hybridized carbons (Fsp3) is 0.267. The van der Waals surface area contributed by atoms with Crippen molar-refractivity contribution in [2.45, 2.75) is 19.4 Å². The predicted molar refractivity (Wildman–Crippen MR) is 85.8 cm³/mol. The van der Waals surface area contributed by atoms with E-state index >= 15 is 0 Å². The quantitative estimate of drug-likeness (QED) is 0.792. The standard InChI is InChI=1S/C15H16BrN5/c1-9-15(16)14(21(2)20-9)7-10(17)13-8-18-11-5-3-4-6-12(11)19-13/h3-6,8,10H,7,17H2,1-2H3. The smallest absolute Gasteiger partial charge is 0.0890 e. The minimum absolute atomic E-state index is 0.215. The van der Waals surface area contributed by atoms with Gasteiger partial charge in [0.2, 0.25) is 0 Å². The van der Waals surface area contributed by atoms with Gasteiger partial charge in [0.1, 0.15) is 0 Å². The number of hydrogen-bond acceptors (Lipinski definition) is 4. The lowest BCUT2D eigenvalue weighted by atomic mass is 10.1. The fourth-order valence-corrected chi connectivity index (χ4v) is 2.86. The molecule has 21 heavy (non-hydrogen) atoms. The van der Waals surface area contributed by atoms with Crippen LogP contribution in [-0.4, -0.2) is 19.7 Å². The number of nitrogens with zero attached hydrogens (tertiary/aromatic N) is 4. The van der Waals surface area contributed by atoms with Gasteiger partial charge in [0, 0.05) is 13.5 Å². The van der Waals surface area contributed by atoms with Crippen LogP contribution in [-0.2, 0) is 13.5 Å². The minimum Gasteiger partial charge on any atom is -0.322 e. The Morgan fingerprint density at radius 1 is 1.29 bits per heavy atom. The molecule has 2 aromatic heterocycles. The second kappa shape index (κ2) is 5.54. The van der Waals surface area contributed by atoms with E-state index in [4.69, 9.17) is 5.73 Å². The average Bonchev–Trinajstić information content (AvgIpc) is 2.73. The number of rotatable bonds is 3. The molecule has 1 unspecified atom stereocenters. The molecule has 0 fully saturated rings. The Hall–Kier alpha value is -1.79. The molecule has 0 radical (unpaired) electrons. The topological polar surface area (TPSA) is 69.6 Å². The molecule has 5 nitrogen and oxygen atoms in total. The van der Waals surface area contributed by atoms with E-state index in [1.807, 2.05) is 42.9 Å². The SMILES string of the molecule is Cc1nn(C)c(CC(N)c2cnc3ccccc3n2)c1Br. The number of hydrogen-bond donors (Lipinski definition) is 1. The molecule has 0 aliphatic heterocycles. The summed E-state index contributed by atoms with van der Waals surface area (Å²) in [4.78, 5) is 9.02. The Balaban J connectivity index is 1.91. The van der Waals surface area contributed by atoms with E-state index in [0.29, 0.717) is 6.42 Å². The zero-order valence-corrected chi connectivity index (χ0v) is 13.5. The summed E-state index contributed by atoms with van der Waals surface area (Å²) < 4.78 is 2.86. The van der Waals surface area contributed by atoms with Gasteiger partial charge in [0.15, 0.2) is 0 Å². The highest BCUT2D eigenvalue weighted by Gasteiger charge is 2.17. The Labute approximate surface area is 131 Å². The van der Waals surface area contributed by atoms with Crippen LogP contribution in [0.2, 0.25) is 0 Å². The highest BCUT2D eigenvalue weighted by molar-refractivity contribution is 9.10. The van der Waals surface area contributed by atoms with Crippen LogP contribution in [0.5, 0.6) is 0 Å². The van der Waals surface area contributed by atoms with Gasteiger partial charge in [0.05, 0.1) is 44.8 Å². The molecule has 0 aliphatic carbocycles. The molecule has 0 spiro atoms. The third-order valence-corrected chi connectivity index (χ3v) is 4.55. The number of aromatic nitrogens is 4. The van der Waals surface area contributed by atoms with Gasteiger partial charge in [-0.1, -0.05) is 12.1 Å². The van der Waals surface area contributed by atoms with Crippen LogP contribution in [0, 0.1) is 6.92 Å². The molecule has 0 amide bonds. The Kier molecular flexibility index (Phi) is 3.73. The second-order valence-electron chi connectivity index (χ2n) is 5.06. The minimum atomic E-state index is -0.215. The Morgan fingerprint density at radius 3 is 2.67 bits per heavy atom. The first-order valence-electron chi connectivity index (χ1n) is 6.71. The Bertz CT molecular complexity index is 796. The van der Waals surface area contributed by atoms with Crippen molar-refractivity contribution < 1.29 is 0 Å². The number of halogens is 1.